The lowest BCUT2D eigenvalue weighted by atomic mass is 10.2. The molecule has 100 valence electrons. The molecular weight excluding hydrogens is 324 g/mol. The first-order valence-electron chi connectivity index (χ1n) is 6.18. The Morgan fingerprint density at radius 3 is 2.63 bits per heavy atom. The van der Waals surface area contributed by atoms with E-state index in [0.717, 1.165) is 22.3 Å². The van der Waals surface area contributed by atoms with Crippen molar-refractivity contribution in [2.45, 2.75) is 27.3 Å². The maximum absolute atomic E-state index is 6.05. The van der Waals surface area contributed by atoms with Crippen LogP contribution in [-0.2, 0) is 6.54 Å². The number of aryl methyl sites for hydroxylation is 1. The van der Waals surface area contributed by atoms with Gasteiger partial charge in [-0.25, -0.2) is 0 Å². The van der Waals surface area contributed by atoms with Crippen LogP contribution in [0.15, 0.2) is 33.7 Å². The van der Waals surface area contributed by atoms with Crippen molar-refractivity contribution < 1.29 is 0 Å². The minimum absolute atomic E-state index is 0.675. The van der Waals surface area contributed by atoms with Crippen LogP contribution >= 0.6 is 27.5 Å². The van der Waals surface area contributed by atoms with Crippen LogP contribution in [0.25, 0.3) is 0 Å². The molecule has 0 saturated heterocycles. The maximum Gasteiger partial charge on any atom is 0.0645 e. The molecule has 4 heteroatoms. The monoisotopic (exact) mass is 338 g/mol. The van der Waals surface area contributed by atoms with Crippen molar-refractivity contribution in [3.63, 3.8) is 0 Å². The summed E-state index contributed by atoms with van der Waals surface area (Å²) >= 11 is 9.43. The number of aliphatic imine (C=N–C) groups is 1. The van der Waals surface area contributed by atoms with Gasteiger partial charge in [0.05, 0.1) is 10.7 Å². The van der Waals surface area contributed by atoms with Crippen molar-refractivity contribution in [3.05, 3.63) is 50.7 Å². The van der Waals surface area contributed by atoms with Crippen molar-refractivity contribution >= 4 is 39.4 Å². The average molecular weight is 340 g/mol. The second-order valence-corrected chi connectivity index (χ2v) is 5.69. The molecular formula is C15H16BrClN2. The number of aromatic nitrogens is 1. The molecule has 0 aliphatic rings. The molecule has 0 spiro atoms. The molecule has 1 aromatic carbocycles. The quantitative estimate of drug-likeness (QED) is 0.676. The highest BCUT2D eigenvalue weighted by Gasteiger charge is 2.05. The molecule has 2 aromatic rings. The molecule has 2 rings (SSSR count). The van der Waals surface area contributed by atoms with E-state index in [1.165, 1.54) is 11.4 Å². The molecule has 0 unspecified atom stereocenters. The van der Waals surface area contributed by atoms with Crippen LogP contribution in [-0.4, -0.2) is 10.8 Å². The highest BCUT2D eigenvalue weighted by molar-refractivity contribution is 9.10. The van der Waals surface area contributed by atoms with E-state index >= 15 is 0 Å². The fourth-order valence-corrected chi connectivity index (χ4v) is 2.58. The Balaban J connectivity index is 2.30. The summed E-state index contributed by atoms with van der Waals surface area (Å²) in [5, 5.41) is 0.675. The molecule has 0 radical (unpaired) electrons. The zero-order valence-electron chi connectivity index (χ0n) is 11.2. The zero-order chi connectivity index (χ0) is 14.0. The van der Waals surface area contributed by atoms with Crippen LogP contribution in [0.5, 0.6) is 0 Å². The maximum atomic E-state index is 6.05. The number of nitrogens with zero attached hydrogens (tertiary/aromatic N) is 2. The largest absolute Gasteiger partial charge is 0.349 e. The Kier molecular flexibility index (Phi) is 4.48. The van der Waals surface area contributed by atoms with Crippen molar-refractivity contribution in [3.8, 4) is 0 Å². The van der Waals surface area contributed by atoms with Gasteiger partial charge in [-0.2, -0.15) is 0 Å². The molecule has 0 aliphatic heterocycles. The van der Waals surface area contributed by atoms with Crippen LogP contribution in [0.3, 0.4) is 0 Å². The fraction of sp³-hybridized carbons (Fsp3) is 0.267. The van der Waals surface area contributed by atoms with E-state index in [-0.39, 0.29) is 0 Å². The smallest absolute Gasteiger partial charge is 0.0645 e. The third-order valence-electron chi connectivity index (χ3n) is 3.18. The SMILES string of the molecule is CCn1c(C)cc(C=Nc2ccc(Br)c(Cl)c2)c1C. The van der Waals surface area contributed by atoms with Gasteiger partial charge in [0.2, 0.25) is 0 Å². The molecule has 1 heterocycles. The molecule has 0 bridgehead atoms. The number of rotatable bonds is 3. The number of hydrogen-bond donors (Lipinski definition) is 0. The number of hydrogen-bond acceptors (Lipinski definition) is 1. The van der Waals surface area contributed by atoms with E-state index in [0.29, 0.717) is 5.02 Å². The molecule has 0 N–H and O–H groups in total. The predicted octanol–water partition coefficient (Wildman–Crippen LogP) is 5.29. The summed E-state index contributed by atoms with van der Waals surface area (Å²) in [7, 11) is 0. The summed E-state index contributed by atoms with van der Waals surface area (Å²) in [5.41, 5.74) is 4.51. The summed E-state index contributed by atoms with van der Waals surface area (Å²) in [6.07, 6.45) is 1.90. The standard InChI is InChI=1S/C15H16BrClN2/c1-4-19-10(2)7-12(11(19)3)9-18-13-5-6-14(16)15(17)8-13/h5-9H,4H2,1-3H3. The van der Waals surface area contributed by atoms with Gasteiger partial charge in [0.15, 0.2) is 0 Å². The Bertz CT molecular complexity index is 629. The van der Waals surface area contributed by atoms with Crippen LogP contribution in [0, 0.1) is 13.8 Å². The molecule has 1 aromatic heterocycles. The summed E-state index contributed by atoms with van der Waals surface area (Å²) in [4.78, 5) is 4.48. The summed E-state index contributed by atoms with van der Waals surface area (Å²) in [6, 6.07) is 7.85. The molecule has 0 aliphatic carbocycles. The molecule has 0 atom stereocenters. The normalized spacial score (nSPS) is 11.4. The van der Waals surface area contributed by atoms with Crippen LogP contribution in [0.4, 0.5) is 5.69 Å². The van der Waals surface area contributed by atoms with Crippen molar-refractivity contribution in [1.82, 2.24) is 4.57 Å². The Hall–Kier alpha value is -1.06. The zero-order valence-corrected chi connectivity index (χ0v) is 13.6. The van der Waals surface area contributed by atoms with E-state index in [9.17, 15) is 0 Å². The summed E-state index contributed by atoms with van der Waals surface area (Å²) in [5.74, 6) is 0. The third kappa shape index (κ3) is 3.10. The lowest BCUT2D eigenvalue weighted by Gasteiger charge is -2.04. The average Bonchev–Trinajstić information content (AvgIpc) is 2.65. The summed E-state index contributed by atoms with van der Waals surface area (Å²) < 4.78 is 3.16. The highest BCUT2D eigenvalue weighted by Crippen LogP contribution is 2.27. The van der Waals surface area contributed by atoms with Gasteiger partial charge < -0.3 is 4.57 Å². The van der Waals surface area contributed by atoms with E-state index in [1.54, 1.807) is 0 Å². The van der Waals surface area contributed by atoms with Gasteiger partial charge >= 0.3 is 0 Å². The van der Waals surface area contributed by atoms with Crippen LogP contribution < -0.4 is 0 Å². The molecule has 0 fully saturated rings. The van der Waals surface area contributed by atoms with Crippen molar-refractivity contribution in [1.29, 1.82) is 0 Å². The van der Waals surface area contributed by atoms with Crippen molar-refractivity contribution in [2.75, 3.05) is 0 Å². The minimum atomic E-state index is 0.675. The summed E-state index contributed by atoms with van der Waals surface area (Å²) in [6.45, 7) is 7.36. The number of halogens is 2. The van der Waals surface area contributed by atoms with E-state index in [2.05, 4.69) is 52.3 Å². The van der Waals surface area contributed by atoms with Crippen molar-refractivity contribution in [2.24, 2.45) is 4.99 Å². The fourth-order valence-electron chi connectivity index (χ4n) is 2.15. The topological polar surface area (TPSA) is 17.3 Å². The molecule has 19 heavy (non-hydrogen) atoms. The predicted molar refractivity (Wildman–Crippen MR) is 86.0 cm³/mol. The van der Waals surface area contributed by atoms with Gasteiger partial charge in [0, 0.05) is 34.2 Å². The Labute approximate surface area is 127 Å². The van der Waals surface area contributed by atoms with Gasteiger partial charge in [-0.1, -0.05) is 11.6 Å². The molecule has 0 saturated carbocycles. The highest BCUT2D eigenvalue weighted by atomic mass is 79.9. The second kappa shape index (κ2) is 5.93. The first-order chi connectivity index (χ1) is 9.02. The van der Waals surface area contributed by atoms with Crippen LogP contribution in [0.1, 0.15) is 23.9 Å². The second-order valence-electron chi connectivity index (χ2n) is 4.43. The lowest BCUT2D eigenvalue weighted by Crippen LogP contribution is -1.99. The van der Waals surface area contributed by atoms with Gasteiger partial charge in [0.25, 0.3) is 0 Å². The van der Waals surface area contributed by atoms with E-state index in [4.69, 9.17) is 11.6 Å². The van der Waals surface area contributed by atoms with Gasteiger partial charge in [-0.15, -0.1) is 0 Å². The lowest BCUT2D eigenvalue weighted by molar-refractivity contribution is 0.718. The van der Waals surface area contributed by atoms with E-state index < -0.39 is 0 Å². The Morgan fingerprint density at radius 1 is 1.32 bits per heavy atom. The van der Waals surface area contributed by atoms with Gasteiger partial charge in [-0.3, -0.25) is 4.99 Å². The molecule has 2 nitrogen and oxygen atoms in total. The third-order valence-corrected chi connectivity index (χ3v) is 4.42. The van der Waals surface area contributed by atoms with Crippen LogP contribution in [0.2, 0.25) is 5.02 Å². The first kappa shape index (κ1) is 14.4. The Morgan fingerprint density at radius 2 is 2.05 bits per heavy atom. The minimum Gasteiger partial charge on any atom is -0.349 e. The molecule has 0 amide bonds. The van der Waals surface area contributed by atoms with Gasteiger partial charge in [0.1, 0.15) is 0 Å². The van der Waals surface area contributed by atoms with Gasteiger partial charge in [-0.05, 0) is 61.0 Å². The first-order valence-corrected chi connectivity index (χ1v) is 7.36. The van der Waals surface area contributed by atoms with E-state index in [1.807, 2.05) is 24.4 Å². The number of benzene rings is 1.